The summed E-state index contributed by atoms with van der Waals surface area (Å²) in [5.74, 6) is 0.338. The van der Waals surface area contributed by atoms with E-state index in [0.717, 1.165) is 64.3 Å². The van der Waals surface area contributed by atoms with Crippen molar-refractivity contribution in [2.45, 2.75) is 34.1 Å². The van der Waals surface area contributed by atoms with Gasteiger partial charge in [0.05, 0.1) is 0 Å². The Morgan fingerprint density at radius 1 is 0.656 bits per heavy atom. The van der Waals surface area contributed by atoms with Crippen molar-refractivity contribution < 1.29 is 0 Å². The van der Waals surface area contributed by atoms with E-state index in [1.807, 2.05) is 33.8 Å². The summed E-state index contributed by atoms with van der Waals surface area (Å²) < 4.78 is 0. The number of nitrogens with zero attached hydrogens (tertiary/aromatic N) is 2. The molecule has 0 radical (unpaired) electrons. The molecule has 1 heterocycles. The van der Waals surface area contributed by atoms with E-state index in [9.17, 15) is 0 Å². The van der Waals surface area contributed by atoms with Crippen LogP contribution in [0.2, 0.25) is 0 Å². The van der Waals surface area contributed by atoms with Crippen LogP contribution in [-0.2, 0) is 0 Å². The third-order valence-corrected chi connectivity index (χ3v) is 10.8. The first kappa shape index (κ1) is 43.7. The quantitative estimate of drug-likeness (QED) is 0.121. The number of fused-ring (bicyclic) bond motifs is 2. The van der Waals surface area contributed by atoms with E-state index >= 15 is 0 Å². The molecule has 0 amide bonds. The molecular formula is C59H60N2. The SMILES string of the molecule is C=C/C=C(\C(=C/CN(c1ccccc1)c1ccc2c(c1)N(CC1C=C(c3cccc4ccccc34)C=CC1)C/C=C\C=C/C2=C)c1ccccc1)c1ccccc1.CC.CC. The van der Waals surface area contributed by atoms with Gasteiger partial charge in [0.2, 0.25) is 0 Å². The monoisotopic (exact) mass is 796 g/mol. The smallest absolute Gasteiger partial charge is 0.0469 e. The molecular weight excluding hydrogens is 737 g/mol. The molecule has 6 aromatic carbocycles. The third kappa shape index (κ3) is 10.8. The number of para-hydroxylation sites is 1. The largest absolute Gasteiger partial charge is 0.367 e. The van der Waals surface area contributed by atoms with Crippen molar-refractivity contribution in [3.8, 4) is 0 Å². The minimum absolute atomic E-state index is 0.338. The molecule has 2 heteroatoms. The predicted octanol–water partition coefficient (Wildman–Crippen LogP) is 16.0. The first-order valence-electron chi connectivity index (χ1n) is 21.9. The van der Waals surface area contributed by atoms with Gasteiger partial charge in [-0.05, 0) is 86.4 Å². The zero-order valence-electron chi connectivity index (χ0n) is 36.4. The van der Waals surface area contributed by atoms with E-state index < -0.39 is 0 Å². The molecule has 0 saturated heterocycles. The van der Waals surface area contributed by atoms with Crippen molar-refractivity contribution in [2.75, 3.05) is 29.4 Å². The summed E-state index contributed by atoms with van der Waals surface area (Å²) in [4.78, 5) is 4.96. The fourth-order valence-corrected chi connectivity index (χ4v) is 8.06. The Morgan fingerprint density at radius 2 is 1.31 bits per heavy atom. The van der Waals surface area contributed by atoms with Crippen LogP contribution in [0, 0.1) is 5.92 Å². The molecule has 0 spiro atoms. The standard InChI is InChI=1S/C55H48N2.2C2H6/c1-3-20-51(44-23-9-4-10-24-44)54(45-25-11-5-12-26-45)36-38-57(48-30-13-6-14-31-48)49-34-35-50-42(2)21-8-7-17-37-56(55(50)40-49)41-43-22-18-29-47(39-43)53-33-19-28-46-27-15-16-32-52(46)53;2*1-2/h3-21,23-36,39-40,43H,1-2,22,37-38,41H2;2*1-2H3/b17-7-,21-8-,51-20-,54-36-;;. The summed E-state index contributed by atoms with van der Waals surface area (Å²) in [5.41, 5.74) is 12.8. The molecule has 0 fully saturated rings. The molecule has 2 aliphatic rings. The van der Waals surface area contributed by atoms with Crippen LogP contribution < -0.4 is 9.80 Å². The summed E-state index contributed by atoms with van der Waals surface area (Å²) in [5, 5.41) is 2.56. The molecule has 0 aromatic heterocycles. The Labute approximate surface area is 365 Å². The van der Waals surface area contributed by atoms with Gasteiger partial charge < -0.3 is 9.80 Å². The molecule has 1 aliphatic heterocycles. The second-order valence-corrected chi connectivity index (χ2v) is 14.6. The number of anilines is 3. The molecule has 6 aromatic rings. The summed E-state index contributed by atoms with van der Waals surface area (Å²) >= 11 is 0. The van der Waals surface area contributed by atoms with E-state index in [2.05, 4.69) is 229 Å². The maximum atomic E-state index is 4.54. The zero-order valence-corrected chi connectivity index (χ0v) is 36.4. The van der Waals surface area contributed by atoms with Crippen molar-refractivity contribution in [3.05, 3.63) is 248 Å². The van der Waals surface area contributed by atoms with Crippen molar-refractivity contribution in [3.63, 3.8) is 0 Å². The Bertz CT molecular complexity index is 2540. The average molecular weight is 797 g/mol. The molecule has 1 unspecified atom stereocenters. The normalized spacial score (nSPS) is 15.9. The van der Waals surface area contributed by atoms with Gasteiger partial charge in [-0.3, -0.25) is 0 Å². The van der Waals surface area contributed by atoms with E-state index in [0.29, 0.717) is 12.5 Å². The topological polar surface area (TPSA) is 6.48 Å². The third-order valence-electron chi connectivity index (χ3n) is 10.8. The maximum Gasteiger partial charge on any atom is 0.0469 e. The molecule has 0 N–H and O–H groups in total. The lowest BCUT2D eigenvalue weighted by molar-refractivity contribution is 0.634. The van der Waals surface area contributed by atoms with Gasteiger partial charge in [0, 0.05) is 42.3 Å². The van der Waals surface area contributed by atoms with Crippen LogP contribution in [0.4, 0.5) is 17.1 Å². The predicted molar refractivity (Wildman–Crippen MR) is 270 cm³/mol. The first-order valence-corrected chi connectivity index (χ1v) is 21.9. The van der Waals surface area contributed by atoms with E-state index in [-0.39, 0.29) is 0 Å². The number of allylic oxidation sites excluding steroid dienone is 11. The van der Waals surface area contributed by atoms with Gasteiger partial charge in [-0.15, -0.1) is 0 Å². The highest BCUT2D eigenvalue weighted by atomic mass is 15.2. The van der Waals surface area contributed by atoms with Crippen molar-refractivity contribution in [1.82, 2.24) is 0 Å². The summed E-state index contributed by atoms with van der Waals surface area (Å²) in [6, 6.07) is 54.2. The molecule has 61 heavy (non-hydrogen) atoms. The van der Waals surface area contributed by atoms with Gasteiger partial charge in [-0.2, -0.15) is 0 Å². The summed E-state index contributed by atoms with van der Waals surface area (Å²) in [7, 11) is 0. The molecule has 306 valence electrons. The minimum atomic E-state index is 0.338. The fourth-order valence-electron chi connectivity index (χ4n) is 8.06. The number of benzene rings is 6. The highest BCUT2D eigenvalue weighted by Crippen LogP contribution is 2.38. The van der Waals surface area contributed by atoms with Crippen LogP contribution in [0.1, 0.15) is 56.4 Å². The van der Waals surface area contributed by atoms with Crippen molar-refractivity contribution >= 4 is 50.1 Å². The van der Waals surface area contributed by atoms with Crippen molar-refractivity contribution in [1.29, 1.82) is 0 Å². The fraction of sp³-hybridized carbons (Fsp3) is 0.153. The lowest BCUT2D eigenvalue weighted by atomic mass is 9.89. The summed E-state index contributed by atoms with van der Waals surface area (Å²) in [6.07, 6.45) is 23.2. The van der Waals surface area contributed by atoms with Crippen LogP contribution in [0.5, 0.6) is 0 Å². The molecule has 2 nitrogen and oxygen atoms in total. The maximum absolute atomic E-state index is 4.54. The molecule has 1 aliphatic carbocycles. The Balaban J connectivity index is 0.00000151. The molecule has 1 atom stereocenters. The number of hydrogen-bond donors (Lipinski definition) is 0. The van der Waals surface area contributed by atoms with Gasteiger partial charge in [-0.1, -0.05) is 229 Å². The van der Waals surface area contributed by atoms with Gasteiger partial charge >= 0.3 is 0 Å². The summed E-state index contributed by atoms with van der Waals surface area (Å²) in [6.45, 7) is 19.0. The van der Waals surface area contributed by atoms with Gasteiger partial charge in [0.25, 0.3) is 0 Å². The van der Waals surface area contributed by atoms with Crippen LogP contribution in [0.25, 0.3) is 33.1 Å². The minimum Gasteiger partial charge on any atom is -0.367 e. The van der Waals surface area contributed by atoms with Gasteiger partial charge in [-0.25, -0.2) is 0 Å². The highest BCUT2D eigenvalue weighted by Gasteiger charge is 2.21. The van der Waals surface area contributed by atoms with E-state index in [4.69, 9.17) is 0 Å². The lowest BCUT2D eigenvalue weighted by Gasteiger charge is -2.32. The zero-order chi connectivity index (χ0) is 42.8. The van der Waals surface area contributed by atoms with Crippen molar-refractivity contribution in [2.24, 2.45) is 5.92 Å². The molecule has 0 saturated carbocycles. The highest BCUT2D eigenvalue weighted by molar-refractivity contribution is 6.05. The van der Waals surface area contributed by atoms with Crippen LogP contribution in [-0.4, -0.2) is 19.6 Å². The van der Waals surface area contributed by atoms with Crippen LogP contribution >= 0.6 is 0 Å². The Kier molecular flexibility index (Phi) is 16.1. The van der Waals surface area contributed by atoms with Crippen LogP contribution in [0.3, 0.4) is 0 Å². The van der Waals surface area contributed by atoms with E-state index in [1.54, 1.807) is 0 Å². The number of hydrogen-bond acceptors (Lipinski definition) is 2. The molecule has 8 rings (SSSR count). The first-order chi connectivity index (χ1) is 30.2. The molecule has 0 bridgehead atoms. The lowest BCUT2D eigenvalue weighted by Crippen LogP contribution is -2.30. The number of rotatable bonds is 11. The van der Waals surface area contributed by atoms with Crippen LogP contribution in [0.15, 0.2) is 226 Å². The van der Waals surface area contributed by atoms with E-state index in [1.165, 1.54) is 27.6 Å². The van der Waals surface area contributed by atoms with Gasteiger partial charge in [0.15, 0.2) is 0 Å². The average Bonchev–Trinajstić information content (AvgIpc) is 3.40. The Morgan fingerprint density at radius 3 is 2.03 bits per heavy atom. The van der Waals surface area contributed by atoms with Gasteiger partial charge in [0.1, 0.15) is 0 Å². The second-order valence-electron chi connectivity index (χ2n) is 14.6. The Hall–Kier alpha value is -6.90. The second kappa shape index (κ2) is 22.5.